The van der Waals surface area contributed by atoms with Crippen molar-refractivity contribution in [3.05, 3.63) is 46.2 Å². The summed E-state index contributed by atoms with van der Waals surface area (Å²) in [5.74, 6) is 0.306. The fraction of sp³-hybridized carbons (Fsp3) is 0.500. The zero-order chi connectivity index (χ0) is 18.7. The van der Waals surface area contributed by atoms with Gasteiger partial charge in [-0.15, -0.1) is 0 Å². The molecule has 6 heteroatoms. The van der Waals surface area contributed by atoms with E-state index >= 15 is 0 Å². The lowest BCUT2D eigenvalue weighted by molar-refractivity contribution is 0.0856. The summed E-state index contributed by atoms with van der Waals surface area (Å²) in [5.41, 5.74) is 3.05. The van der Waals surface area contributed by atoms with E-state index in [1.54, 1.807) is 4.68 Å². The Morgan fingerprint density at radius 2 is 2.19 bits per heavy atom. The predicted octanol–water partition coefficient (Wildman–Crippen LogP) is 3.94. The van der Waals surface area contributed by atoms with E-state index in [0.717, 1.165) is 42.9 Å². The maximum absolute atomic E-state index is 12.9. The Labute approximate surface area is 159 Å². The summed E-state index contributed by atoms with van der Waals surface area (Å²) in [5, 5.41) is 8.36. The van der Waals surface area contributed by atoms with Gasteiger partial charge in [-0.25, -0.2) is 4.68 Å². The molecule has 1 N–H and O–H groups in total. The summed E-state index contributed by atoms with van der Waals surface area (Å²) >= 11 is 6.35. The van der Waals surface area contributed by atoms with Crippen molar-refractivity contribution in [2.45, 2.75) is 46.1 Å². The minimum atomic E-state index is -0.0908. The summed E-state index contributed by atoms with van der Waals surface area (Å²) < 4.78 is 7.38. The van der Waals surface area contributed by atoms with Gasteiger partial charge in [0.2, 0.25) is 0 Å². The molecule has 1 amide bonds. The fourth-order valence-corrected chi connectivity index (χ4v) is 3.56. The van der Waals surface area contributed by atoms with E-state index in [0.29, 0.717) is 23.0 Å². The van der Waals surface area contributed by atoms with Crippen molar-refractivity contribution < 1.29 is 9.53 Å². The number of carbonyl (C=O) groups is 1. The second-order valence-electron chi connectivity index (χ2n) is 7.21. The molecule has 5 nitrogen and oxygen atoms in total. The van der Waals surface area contributed by atoms with Crippen molar-refractivity contribution in [1.82, 2.24) is 15.1 Å². The molecule has 1 aliphatic rings. The van der Waals surface area contributed by atoms with Crippen LogP contribution in [0.5, 0.6) is 0 Å². The quantitative estimate of drug-likeness (QED) is 0.831. The van der Waals surface area contributed by atoms with Crippen molar-refractivity contribution >= 4 is 17.5 Å². The van der Waals surface area contributed by atoms with Crippen LogP contribution in [0.15, 0.2) is 24.3 Å². The van der Waals surface area contributed by atoms with Crippen LogP contribution in [0.2, 0.25) is 5.02 Å². The highest BCUT2D eigenvalue weighted by molar-refractivity contribution is 6.32. The summed E-state index contributed by atoms with van der Waals surface area (Å²) in [6.07, 6.45) is 2.91. The van der Waals surface area contributed by atoms with Crippen LogP contribution in [0.3, 0.4) is 0 Å². The molecular formula is C20H26ClN3O2. The van der Waals surface area contributed by atoms with Crippen molar-refractivity contribution in [1.29, 1.82) is 0 Å². The number of aromatic nitrogens is 2. The van der Waals surface area contributed by atoms with E-state index in [1.807, 2.05) is 31.2 Å². The Morgan fingerprint density at radius 1 is 1.42 bits per heavy atom. The number of benzene rings is 1. The second kappa shape index (κ2) is 8.23. The summed E-state index contributed by atoms with van der Waals surface area (Å²) in [6.45, 7) is 7.48. The van der Waals surface area contributed by atoms with Crippen LogP contribution in [0.4, 0.5) is 0 Å². The van der Waals surface area contributed by atoms with Gasteiger partial charge in [-0.3, -0.25) is 4.79 Å². The molecule has 1 atom stereocenters. The molecule has 0 unspecified atom stereocenters. The summed E-state index contributed by atoms with van der Waals surface area (Å²) in [6, 6.07) is 7.55. The minimum absolute atomic E-state index is 0.0908. The van der Waals surface area contributed by atoms with E-state index in [-0.39, 0.29) is 12.0 Å². The molecule has 0 bridgehead atoms. The molecule has 2 aromatic rings. The number of ether oxygens (including phenoxy) is 1. The zero-order valence-corrected chi connectivity index (χ0v) is 16.3. The third-order valence-electron chi connectivity index (χ3n) is 4.61. The van der Waals surface area contributed by atoms with E-state index in [4.69, 9.17) is 21.4 Å². The smallest absolute Gasteiger partial charge is 0.255 e. The van der Waals surface area contributed by atoms with E-state index in [1.165, 1.54) is 0 Å². The first-order chi connectivity index (χ1) is 12.5. The van der Waals surface area contributed by atoms with Crippen LogP contribution < -0.4 is 5.32 Å². The van der Waals surface area contributed by atoms with Gasteiger partial charge in [0.15, 0.2) is 0 Å². The highest BCUT2D eigenvalue weighted by atomic mass is 35.5. The van der Waals surface area contributed by atoms with Crippen LogP contribution in [-0.2, 0) is 11.2 Å². The molecule has 26 heavy (non-hydrogen) atoms. The molecule has 3 rings (SSSR count). The monoisotopic (exact) mass is 375 g/mol. The molecule has 0 radical (unpaired) electrons. The number of halogens is 1. The van der Waals surface area contributed by atoms with Crippen molar-refractivity contribution in [3.63, 3.8) is 0 Å². The predicted molar refractivity (Wildman–Crippen MR) is 103 cm³/mol. The highest BCUT2D eigenvalue weighted by Crippen LogP contribution is 2.25. The average Bonchev–Trinajstić information content (AvgIpc) is 3.21. The van der Waals surface area contributed by atoms with Crippen molar-refractivity contribution in [3.8, 4) is 5.69 Å². The zero-order valence-electron chi connectivity index (χ0n) is 15.6. The standard InChI is InChI=1S/C20H26ClN3O2/c1-13(2)11-17-19(20(25)22-12-15-7-6-10-26-15)14(3)24(23-17)18-9-5-4-8-16(18)21/h4-5,8-9,13,15H,6-7,10-12H2,1-3H3,(H,22,25)/t15-/m1/s1. The number of hydrogen-bond donors (Lipinski definition) is 1. The second-order valence-corrected chi connectivity index (χ2v) is 7.62. The van der Waals surface area contributed by atoms with Crippen LogP contribution >= 0.6 is 11.6 Å². The number of nitrogens with one attached hydrogen (secondary N) is 1. The molecule has 1 fully saturated rings. The van der Waals surface area contributed by atoms with Crippen molar-refractivity contribution in [2.75, 3.05) is 13.2 Å². The third kappa shape index (κ3) is 4.10. The van der Waals surface area contributed by atoms with Gasteiger partial charge in [0, 0.05) is 13.2 Å². The van der Waals surface area contributed by atoms with E-state index in [9.17, 15) is 4.79 Å². The lowest BCUT2D eigenvalue weighted by Gasteiger charge is -2.12. The van der Waals surface area contributed by atoms with Gasteiger partial charge in [-0.05, 0) is 44.2 Å². The first kappa shape index (κ1) is 18.9. The topological polar surface area (TPSA) is 56.1 Å². The number of hydrogen-bond acceptors (Lipinski definition) is 3. The SMILES string of the molecule is Cc1c(C(=O)NC[C@H]2CCCO2)c(CC(C)C)nn1-c1ccccc1Cl. The lowest BCUT2D eigenvalue weighted by atomic mass is 10.0. The lowest BCUT2D eigenvalue weighted by Crippen LogP contribution is -2.32. The van der Waals surface area contributed by atoms with Gasteiger partial charge in [0.25, 0.3) is 5.91 Å². The summed E-state index contributed by atoms with van der Waals surface area (Å²) in [4.78, 5) is 12.9. The minimum Gasteiger partial charge on any atom is -0.376 e. The van der Waals surface area contributed by atoms with Gasteiger partial charge < -0.3 is 10.1 Å². The fourth-order valence-electron chi connectivity index (χ4n) is 3.34. The number of amides is 1. The highest BCUT2D eigenvalue weighted by Gasteiger charge is 2.24. The van der Waals surface area contributed by atoms with Crippen LogP contribution in [0.1, 0.15) is 48.4 Å². The van der Waals surface area contributed by atoms with Gasteiger partial charge >= 0.3 is 0 Å². The van der Waals surface area contributed by atoms with Gasteiger partial charge in [-0.2, -0.15) is 5.10 Å². The Bertz CT molecular complexity index is 779. The van der Waals surface area contributed by atoms with Crippen LogP contribution in [-0.4, -0.2) is 34.9 Å². The molecule has 0 saturated carbocycles. The first-order valence-corrected chi connectivity index (χ1v) is 9.58. The van der Waals surface area contributed by atoms with Crippen LogP contribution in [0, 0.1) is 12.8 Å². The van der Waals surface area contributed by atoms with Gasteiger partial charge in [-0.1, -0.05) is 37.6 Å². The molecular weight excluding hydrogens is 350 g/mol. The Balaban J connectivity index is 1.91. The van der Waals surface area contributed by atoms with E-state index < -0.39 is 0 Å². The molecule has 140 valence electrons. The van der Waals surface area contributed by atoms with E-state index in [2.05, 4.69) is 19.2 Å². The van der Waals surface area contributed by atoms with Gasteiger partial charge in [0.05, 0.1) is 33.8 Å². The first-order valence-electron chi connectivity index (χ1n) is 9.20. The molecule has 1 aliphatic heterocycles. The third-order valence-corrected chi connectivity index (χ3v) is 4.93. The Kier molecular flexibility index (Phi) is 5.99. The van der Waals surface area contributed by atoms with Crippen LogP contribution in [0.25, 0.3) is 5.69 Å². The largest absolute Gasteiger partial charge is 0.376 e. The average molecular weight is 376 g/mol. The number of para-hydroxylation sites is 1. The normalized spacial score (nSPS) is 17.0. The molecule has 1 aromatic carbocycles. The Morgan fingerprint density at radius 3 is 2.85 bits per heavy atom. The maximum Gasteiger partial charge on any atom is 0.255 e. The number of carbonyl (C=O) groups excluding carboxylic acids is 1. The molecule has 0 spiro atoms. The van der Waals surface area contributed by atoms with Gasteiger partial charge in [0.1, 0.15) is 0 Å². The van der Waals surface area contributed by atoms with Crippen molar-refractivity contribution in [2.24, 2.45) is 5.92 Å². The maximum atomic E-state index is 12.9. The Hall–Kier alpha value is -1.85. The number of rotatable bonds is 6. The molecule has 1 saturated heterocycles. The molecule has 2 heterocycles. The molecule has 0 aliphatic carbocycles. The summed E-state index contributed by atoms with van der Waals surface area (Å²) in [7, 11) is 0. The molecule has 1 aromatic heterocycles. The number of nitrogens with zero attached hydrogens (tertiary/aromatic N) is 2.